The number of amides is 2. The zero-order valence-corrected chi connectivity index (χ0v) is 16.5. The van der Waals surface area contributed by atoms with Crippen LogP contribution in [0, 0.1) is 0 Å². The molecule has 0 saturated heterocycles. The van der Waals surface area contributed by atoms with Gasteiger partial charge < -0.3 is 15.7 Å². The highest BCUT2D eigenvalue weighted by Crippen LogP contribution is 2.32. The molecule has 0 saturated carbocycles. The van der Waals surface area contributed by atoms with Crippen LogP contribution in [0.4, 0.5) is 0 Å². The Morgan fingerprint density at radius 1 is 1.18 bits per heavy atom. The van der Waals surface area contributed by atoms with Gasteiger partial charge in [0.2, 0.25) is 5.91 Å². The number of nitrogens with two attached hydrogens (primary N) is 1. The van der Waals surface area contributed by atoms with E-state index in [1.165, 1.54) is 34.6 Å². The number of carbonyl (C=O) groups excluding carboxylic acids is 2. The van der Waals surface area contributed by atoms with E-state index in [4.69, 9.17) is 5.73 Å². The number of hydrogen-bond donors (Lipinski definition) is 2. The molecular weight excluding hydrogens is 398 g/mol. The van der Waals surface area contributed by atoms with Gasteiger partial charge in [-0.2, -0.15) is 0 Å². The van der Waals surface area contributed by atoms with Gasteiger partial charge in [0.05, 0.1) is 4.88 Å². The number of likely N-dealkylation sites (N-methyl/N-ethyl adjacent to an activating group) is 1. The quantitative estimate of drug-likeness (QED) is 0.616. The maximum Gasteiger partial charge on any atom is 0.355 e. The second kappa shape index (κ2) is 8.32. The molecule has 3 N–H and O–H groups in total. The van der Waals surface area contributed by atoms with Crippen LogP contribution < -0.4 is 5.73 Å². The van der Waals surface area contributed by atoms with E-state index in [0.29, 0.717) is 15.4 Å². The molecule has 0 aliphatic heterocycles. The summed E-state index contributed by atoms with van der Waals surface area (Å²) >= 11 is 2.63. The number of benzene rings is 1. The number of carboxylic acid groups (broad SMARTS) is 1. The van der Waals surface area contributed by atoms with E-state index in [2.05, 4.69) is 4.98 Å². The van der Waals surface area contributed by atoms with Gasteiger partial charge in [0.15, 0.2) is 5.69 Å². The Hall–Kier alpha value is -3.04. The summed E-state index contributed by atoms with van der Waals surface area (Å²) in [5.74, 6) is -2.27. The van der Waals surface area contributed by atoms with Gasteiger partial charge in [0.1, 0.15) is 11.0 Å². The Morgan fingerprint density at radius 2 is 1.89 bits per heavy atom. The molecule has 0 aliphatic carbocycles. The van der Waals surface area contributed by atoms with Crippen molar-refractivity contribution in [3.05, 3.63) is 64.0 Å². The van der Waals surface area contributed by atoms with E-state index in [0.717, 1.165) is 4.88 Å². The molecule has 3 rings (SSSR count). The van der Waals surface area contributed by atoms with Crippen molar-refractivity contribution in [3.8, 4) is 9.88 Å². The molecule has 7 nitrogen and oxygen atoms in total. The lowest BCUT2D eigenvalue weighted by atomic mass is 10.1. The summed E-state index contributed by atoms with van der Waals surface area (Å²) in [6.07, 6.45) is -0.0188. The topological polar surface area (TPSA) is 114 Å². The molecule has 0 spiro atoms. The lowest BCUT2D eigenvalue weighted by Gasteiger charge is -2.25. The molecule has 0 aliphatic rings. The summed E-state index contributed by atoms with van der Waals surface area (Å²) < 4.78 is 0. The highest BCUT2D eigenvalue weighted by molar-refractivity contribution is 7.21. The fourth-order valence-corrected chi connectivity index (χ4v) is 4.58. The second-order valence-corrected chi connectivity index (χ2v) is 8.01. The number of carbonyl (C=O) groups is 3. The van der Waals surface area contributed by atoms with Crippen molar-refractivity contribution in [3.63, 3.8) is 0 Å². The van der Waals surface area contributed by atoms with Crippen molar-refractivity contribution < 1.29 is 19.5 Å². The van der Waals surface area contributed by atoms with Crippen LogP contribution in [0.25, 0.3) is 9.88 Å². The first-order valence-electron chi connectivity index (χ1n) is 8.27. The number of primary amides is 1. The zero-order valence-electron chi connectivity index (χ0n) is 14.9. The third kappa shape index (κ3) is 4.10. The minimum atomic E-state index is -1.19. The lowest BCUT2D eigenvalue weighted by molar-refractivity contribution is -0.122. The Bertz CT molecular complexity index is 1000. The number of rotatable bonds is 7. The monoisotopic (exact) mass is 415 g/mol. The second-order valence-electron chi connectivity index (χ2n) is 5.98. The minimum Gasteiger partial charge on any atom is -0.476 e. The zero-order chi connectivity index (χ0) is 20.3. The molecule has 2 heterocycles. The first-order chi connectivity index (χ1) is 13.4. The van der Waals surface area contributed by atoms with E-state index in [1.54, 1.807) is 30.3 Å². The van der Waals surface area contributed by atoms with Crippen LogP contribution in [0.15, 0.2) is 47.8 Å². The molecule has 9 heteroatoms. The number of aromatic nitrogens is 1. The lowest BCUT2D eigenvalue weighted by Crippen LogP contribution is -2.47. The summed E-state index contributed by atoms with van der Waals surface area (Å²) in [7, 11) is 1.48. The van der Waals surface area contributed by atoms with Crippen LogP contribution >= 0.6 is 22.7 Å². The smallest absolute Gasteiger partial charge is 0.355 e. The Labute approximate surface area is 169 Å². The Kier molecular flexibility index (Phi) is 5.86. The van der Waals surface area contributed by atoms with E-state index >= 15 is 0 Å². The van der Waals surface area contributed by atoms with Crippen molar-refractivity contribution in [1.29, 1.82) is 0 Å². The number of aromatic carboxylic acids is 1. The fourth-order valence-electron chi connectivity index (χ4n) is 2.69. The molecule has 0 bridgehead atoms. The van der Waals surface area contributed by atoms with Gasteiger partial charge in [-0.15, -0.1) is 22.7 Å². The SMILES string of the molecule is CN(C(=O)c1ccccc1)C(Cc1sc(-c2cccs2)nc1C(=O)O)C(N)=O. The molecule has 2 amide bonds. The molecule has 0 fully saturated rings. The molecule has 3 aromatic rings. The summed E-state index contributed by atoms with van der Waals surface area (Å²) in [5.41, 5.74) is 5.83. The van der Waals surface area contributed by atoms with E-state index in [9.17, 15) is 19.5 Å². The molecule has 1 unspecified atom stereocenters. The summed E-state index contributed by atoms with van der Waals surface area (Å²) in [6.45, 7) is 0. The van der Waals surface area contributed by atoms with Crippen LogP contribution in [0.5, 0.6) is 0 Å². The van der Waals surface area contributed by atoms with E-state index in [-0.39, 0.29) is 18.0 Å². The standard InChI is InChI=1S/C19H17N3O4S2/c1-22(18(24)11-6-3-2-4-7-11)12(16(20)23)10-14-15(19(25)26)21-17(28-14)13-8-5-9-27-13/h2-9,12H,10H2,1H3,(H2,20,23)(H,25,26). The van der Waals surface area contributed by atoms with Crippen molar-refractivity contribution >= 4 is 40.5 Å². The highest BCUT2D eigenvalue weighted by Gasteiger charge is 2.29. The van der Waals surface area contributed by atoms with Gasteiger partial charge in [-0.1, -0.05) is 24.3 Å². The van der Waals surface area contributed by atoms with Gasteiger partial charge >= 0.3 is 5.97 Å². The fraction of sp³-hybridized carbons (Fsp3) is 0.158. The van der Waals surface area contributed by atoms with Crippen LogP contribution in [0.2, 0.25) is 0 Å². The predicted octanol–water partition coefficient (Wildman–Crippen LogP) is 2.74. The maximum absolute atomic E-state index is 12.7. The number of carboxylic acids is 1. The van der Waals surface area contributed by atoms with Crippen molar-refractivity contribution in [2.45, 2.75) is 12.5 Å². The van der Waals surface area contributed by atoms with Crippen LogP contribution in [0.1, 0.15) is 25.7 Å². The van der Waals surface area contributed by atoms with Gasteiger partial charge in [0, 0.05) is 23.9 Å². The largest absolute Gasteiger partial charge is 0.476 e. The van der Waals surface area contributed by atoms with Gasteiger partial charge in [0.25, 0.3) is 5.91 Å². The molecule has 28 heavy (non-hydrogen) atoms. The van der Waals surface area contributed by atoms with Crippen LogP contribution in [-0.4, -0.2) is 45.9 Å². The molecule has 1 atom stereocenters. The summed E-state index contributed by atoms with van der Waals surface area (Å²) in [6, 6.07) is 11.2. The van der Waals surface area contributed by atoms with E-state index < -0.39 is 17.9 Å². The molecule has 0 radical (unpaired) electrons. The summed E-state index contributed by atoms with van der Waals surface area (Å²) in [5, 5.41) is 11.9. The van der Waals surface area contributed by atoms with E-state index in [1.807, 2.05) is 17.5 Å². The predicted molar refractivity (Wildman–Crippen MR) is 108 cm³/mol. The molecular formula is C19H17N3O4S2. The number of thiazole rings is 1. The molecule has 144 valence electrons. The average molecular weight is 415 g/mol. The maximum atomic E-state index is 12.7. The van der Waals surface area contributed by atoms with Crippen molar-refractivity contribution in [2.75, 3.05) is 7.05 Å². The van der Waals surface area contributed by atoms with Crippen molar-refractivity contribution in [1.82, 2.24) is 9.88 Å². The van der Waals surface area contributed by atoms with Gasteiger partial charge in [-0.3, -0.25) is 9.59 Å². The average Bonchev–Trinajstić information content (AvgIpc) is 3.35. The Balaban J connectivity index is 1.91. The Morgan fingerprint density at radius 3 is 2.46 bits per heavy atom. The minimum absolute atomic E-state index is 0.0188. The first kappa shape index (κ1) is 19.7. The van der Waals surface area contributed by atoms with Crippen LogP contribution in [0.3, 0.4) is 0 Å². The molecule has 1 aromatic carbocycles. The van der Waals surface area contributed by atoms with Crippen LogP contribution in [-0.2, 0) is 11.2 Å². The van der Waals surface area contributed by atoms with Gasteiger partial charge in [-0.25, -0.2) is 9.78 Å². The number of hydrogen-bond acceptors (Lipinski definition) is 6. The highest BCUT2D eigenvalue weighted by atomic mass is 32.1. The van der Waals surface area contributed by atoms with Crippen molar-refractivity contribution in [2.24, 2.45) is 5.73 Å². The third-order valence-corrected chi connectivity index (χ3v) is 6.26. The number of nitrogens with zero attached hydrogens (tertiary/aromatic N) is 2. The molecule has 2 aromatic heterocycles. The third-order valence-electron chi connectivity index (χ3n) is 4.15. The first-order valence-corrected chi connectivity index (χ1v) is 9.96. The summed E-state index contributed by atoms with van der Waals surface area (Å²) in [4.78, 5) is 43.1. The normalized spacial score (nSPS) is 11.8. The van der Waals surface area contributed by atoms with Gasteiger partial charge in [-0.05, 0) is 23.6 Å². The number of thiophene rings is 1.